The second kappa shape index (κ2) is 12.5. The van der Waals surface area contributed by atoms with Crippen LogP contribution in [0.3, 0.4) is 0 Å². The Kier molecular flexibility index (Phi) is 9.48. The molecular formula is C27H36N4O3S. The topological polar surface area (TPSA) is 73.9 Å². The molecular weight excluding hydrogens is 460 g/mol. The Morgan fingerprint density at radius 3 is 2.37 bits per heavy atom. The van der Waals surface area contributed by atoms with Crippen molar-refractivity contribution in [2.75, 3.05) is 43.0 Å². The van der Waals surface area contributed by atoms with E-state index in [9.17, 15) is 9.59 Å². The molecule has 35 heavy (non-hydrogen) atoms. The number of amides is 2. The summed E-state index contributed by atoms with van der Waals surface area (Å²) in [5.41, 5.74) is 4.04. The normalized spacial score (nSPS) is 13.5. The average Bonchev–Trinajstić information content (AvgIpc) is 2.83. The highest BCUT2D eigenvalue weighted by Crippen LogP contribution is 2.27. The Bertz CT molecular complexity index is 1030. The highest BCUT2D eigenvalue weighted by atomic mass is 32.1. The van der Waals surface area contributed by atoms with Gasteiger partial charge in [-0.3, -0.25) is 14.9 Å². The lowest BCUT2D eigenvalue weighted by molar-refractivity contribution is -0.131. The fourth-order valence-electron chi connectivity index (χ4n) is 4.05. The molecule has 8 heteroatoms. The fraction of sp³-hybridized carbons (Fsp3) is 0.444. The molecule has 2 aromatic rings. The summed E-state index contributed by atoms with van der Waals surface area (Å²) in [5, 5.41) is 5.95. The first kappa shape index (κ1) is 26.5. The van der Waals surface area contributed by atoms with E-state index in [2.05, 4.69) is 29.4 Å². The number of anilines is 2. The molecule has 2 aromatic carbocycles. The zero-order valence-corrected chi connectivity index (χ0v) is 21.9. The van der Waals surface area contributed by atoms with Crippen LogP contribution in [0, 0.1) is 6.92 Å². The minimum Gasteiger partial charge on any atom is -0.483 e. The number of piperazine rings is 1. The van der Waals surface area contributed by atoms with Crippen molar-refractivity contribution in [1.82, 2.24) is 10.2 Å². The van der Waals surface area contributed by atoms with Gasteiger partial charge in [-0.1, -0.05) is 32.9 Å². The van der Waals surface area contributed by atoms with E-state index in [0.717, 1.165) is 60.9 Å². The molecule has 0 spiro atoms. The Morgan fingerprint density at radius 2 is 1.74 bits per heavy atom. The number of carbonyl (C=O) groups is 2. The van der Waals surface area contributed by atoms with Gasteiger partial charge in [0.1, 0.15) is 5.75 Å². The van der Waals surface area contributed by atoms with Gasteiger partial charge in [0.15, 0.2) is 11.7 Å². The van der Waals surface area contributed by atoms with Crippen molar-refractivity contribution in [2.45, 2.75) is 46.5 Å². The second-order valence-corrected chi connectivity index (χ2v) is 9.56. The molecule has 0 atom stereocenters. The van der Waals surface area contributed by atoms with Crippen molar-refractivity contribution in [1.29, 1.82) is 0 Å². The van der Waals surface area contributed by atoms with Crippen LogP contribution in [0.4, 0.5) is 11.4 Å². The quantitative estimate of drug-likeness (QED) is 0.526. The van der Waals surface area contributed by atoms with E-state index in [4.69, 9.17) is 17.0 Å². The number of hydrogen-bond acceptors (Lipinski definition) is 5. The SMILES string of the molecule is CCCC(=O)N1CCN(c2ccc(NC(=S)NC(=O)COc3cc(C)ccc3C(C)C)cc2)CC1. The summed E-state index contributed by atoms with van der Waals surface area (Å²) in [6.45, 7) is 11.2. The number of aryl methyl sites for hydroxylation is 1. The summed E-state index contributed by atoms with van der Waals surface area (Å²) in [6, 6.07) is 13.9. The maximum absolute atomic E-state index is 12.4. The van der Waals surface area contributed by atoms with Crippen LogP contribution >= 0.6 is 12.2 Å². The van der Waals surface area contributed by atoms with Gasteiger partial charge in [-0.25, -0.2) is 0 Å². The smallest absolute Gasteiger partial charge is 0.264 e. The molecule has 7 nitrogen and oxygen atoms in total. The molecule has 1 heterocycles. The standard InChI is InChI=1S/C27H36N4O3S/c1-5-6-26(33)31-15-13-30(14-16-31)22-10-8-21(9-11-22)28-27(35)29-25(32)18-34-24-17-20(4)7-12-23(24)19(2)3/h7-12,17,19H,5-6,13-16,18H2,1-4H3,(H2,28,29,32,35). The Hall–Kier alpha value is -3.13. The predicted octanol–water partition coefficient (Wildman–Crippen LogP) is 4.46. The van der Waals surface area contributed by atoms with Crippen LogP contribution < -0.4 is 20.3 Å². The third kappa shape index (κ3) is 7.68. The molecule has 1 fully saturated rings. The number of thiocarbonyl (C=S) groups is 1. The molecule has 3 rings (SSSR count). The molecule has 0 bridgehead atoms. The van der Waals surface area contributed by atoms with Gasteiger partial charge in [0.05, 0.1) is 0 Å². The highest BCUT2D eigenvalue weighted by Gasteiger charge is 2.20. The summed E-state index contributed by atoms with van der Waals surface area (Å²) in [4.78, 5) is 28.7. The van der Waals surface area contributed by atoms with Gasteiger partial charge in [-0.15, -0.1) is 0 Å². The summed E-state index contributed by atoms with van der Waals surface area (Å²) < 4.78 is 5.78. The first-order chi connectivity index (χ1) is 16.8. The molecule has 0 saturated carbocycles. The number of hydrogen-bond donors (Lipinski definition) is 2. The molecule has 2 amide bonds. The fourth-order valence-corrected chi connectivity index (χ4v) is 4.29. The van der Waals surface area contributed by atoms with E-state index in [1.807, 2.05) is 61.2 Å². The number of benzene rings is 2. The van der Waals surface area contributed by atoms with Crippen LogP contribution in [-0.4, -0.2) is 54.6 Å². The number of nitrogens with zero attached hydrogens (tertiary/aromatic N) is 2. The molecule has 1 saturated heterocycles. The molecule has 2 N–H and O–H groups in total. The van der Waals surface area contributed by atoms with E-state index < -0.39 is 0 Å². The van der Waals surface area contributed by atoms with E-state index in [1.165, 1.54) is 0 Å². The number of rotatable bonds is 8. The van der Waals surface area contributed by atoms with Gasteiger partial charge in [0.25, 0.3) is 5.91 Å². The number of nitrogens with one attached hydrogen (secondary N) is 2. The van der Waals surface area contributed by atoms with E-state index in [-0.39, 0.29) is 23.5 Å². The van der Waals surface area contributed by atoms with Gasteiger partial charge in [-0.05, 0) is 72.9 Å². The first-order valence-electron chi connectivity index (χ1n) is 12.2. The largest absolute Gasteiger partial charge is 0.483 e. The summed E-state index contributed by atoms with van der Waals surface area (Å²) in [7, 11) is 0. The van der Waals surface area contributed by atoms with E-state index in [1.54, 1.807) is 0 Å². The average molecular weight is 497 g/mol. The third-order valence-corrected chi connectivity index (χ3v) is 6.19. The van der Waals surface area contributed by atoms with Crippen molar-refractivity contribution >= 4 is 40.5 Å². The zero-order valence-electron chi connectivity index (χ0n) is 21.1. The third-order valence-electron chi connectivity index (χ3n) is 5.99. The minimum atomic E-state index is -0.314. The van der Waals surface area contributed by atoms with Crippen LogP contribution in [0.1, 0.15) is 50.7 Å². The van der Waals surface area contributed by atoms with Crippen LogP contribution in [0.25, 0.3) is 0 Å². The summed E-state index contributed by atoms with van der Waals surface area (Å²) >= 11 is 5.30. The molecule has 0 aromatic heterocycles. The van der Waals surface area contributed by atoms with Gasteiger partial charge < -0.3 is 19.9 Å². The monoisotopic (exact) mass is 496 g/mol. The zero-order chi connectivity index (χ0) is 25.4. The molecule has 188 valence electrons. The lowest BCUT2D eigenvalue weighted by Crippen LogP contribution is -2.48. The van der Waals surface area contributed by atoms with Gasteiger partial charge in [0.2, 0.25) is 5.91 Å². The lowest BCUT2D eigenvalue weighted by Gasteiger charge is -2.36. The second-order valence-electron chi connectivity index (χ2n) is 9.15. The first-order valence-corrected chi connectivity index (χ1v) is 12.6. The Labute approximate surface area is 213 Å². The van der Waals surface area contributed by atoms with Gasteiger partial charge in [0, 0.05) is 44.0 Å². The molecule has 1 aliphatic rings. The van der Waals surface area contributed by atoms with Crippen molar-refractivity contribution in [2.24, 2.45) is 0 Å². The number of ether oxygens (including phenoxy) is 1. The maximum atomic E-state index is 12.4. The van der Waals surface area contributed by atoms with E-state index in [0.29, 0.717) is 12.3 Å². The van der Waals surface area contributed by atoms with Crippen LogP contribution in [0.15, 0.2) is 42.5 Å². The van der Waals surface area contributed by atoms with Crippen molar-refractivity contribution < 1.29 is 14.3 Å². The summed E-state index contributed by atoms with van der Waals surface area (Å²) in [6.07, 6.45) is 1.50. The molecule has 0 radical (unpaired) electrons. The Morgan fingerprint density at radius 1 is 1.06 bits per heavy atom. The van der Waals surface area contributed by atoms with Gasteiger partial charge >= 0.3 is 0 Å². The van der Waals surface area contributed by atoms with Crippen LogP contribution in [-0.2, 0) is 9.59 Å². The van der Waals surface area contributed by atoms with Crippen LogP contribution in [0.2, 0.25) is 0 Å². The van der Waals surface area contributed by atoms with Crippen molar-refractivity contribution in [3.05, 3.63) is 53.6 Å². The molecule has 1 aliphatic heterocycles. The van der Waals surface area contributed by atoms with Crippen LogP contribution in [0.5, 0.6) is 5.75 Å². The molecule has 0 aliphatic carbocycles. The minimum absolute atomic E-state index is 0.114. The summed E-state index contributed by atoms with van der Waals surface area (Å²) in [5.74, 6) is 0.949. The Balaban J connectivity index is 1.46. The maximum Gasteiger partial charge on any atom is 0.264 e. The van der Waals surface area contributed by atoms with E-state index >= 15 is 0 Å². The predicted molar refractivity (Wildman–Crippen MR) is 145 cm³/mol. The van der Waals surface area contributed by atoms with Crippen molar-refractivity contribution in [3.8, 4) is 5.75 Å². The highest BCUT2D eigenvalue weighted by molar-refractivity contribution is 7.80. The lowest BCUT2D eigenvalue weighted by atomic mass is 10.0. The van der Waals surface area contributed by atoms with Crippen molar-refractivity contribution in [3.63, 3.8) is 0 Å². The van der Waals surface area contributed by atoms with Gasteiger partial charge in [-0.2, -0.15) is 0 Å². The molecule has 0 unspecified atom stereocenters. The number of carbonyl (C=O) groups excluding carboxylic acids is 2.